The van der Waals surface area contributed by atoms with E-state index >= 15 is 0 Å². The maximum absolute atomic E-state index is 12.1. The van der Waals surface area contributed by atoms with Gasteiger partial charge in [0.15, 0.2) is 5.76 Å². The lowest BCUT2D eigenvalue weighted by Gasteiger charge is -2.32. The van der Waals surface area contributed by atoms with Crippen LogP contribution in [0.25, 0.3) is 0 Å². The molecule has 1 aromatic rings. The van der Waals surface area contributed by atoms with E-state index in [2.05, 4.69) is 26.6 Å². The van der Waals surface area contributed by atoms with Crippen molar-refractivity contribution in [3.05, 3.63) is 22.6 Å². The number of hydrogen-bond donors (Lipinski definition) is 2. The molecule has 1 atom stereocenters. The second kappa shape index (κ2) is 7.55. The zero-order valence-corrected chi connectivity index (χ0v) is 15.0. The van der Waals surface area contributed by atoms with Gasteiger partial charge in [-0.3, -0.25) is 10.1 Å². The van der Waals surface area contributed by atoms with Gasteiger partial charge in [0.25, 0.3) is 5.91 Å². The highest BCUT2D eigenvalue weighted by molar-refractivity contribution is 9.10. The van der Waals surface area contributed by atoms with Crippen LogP contribution in [0.15, 0.2) is 21.2 Å². The van der Waals surface area contributed by atoms with E-state index < -0.39 is 15.9 Å². The van der Waals surface area contributed by atoms with Gasteiger partial charge in [0.05, 0.1) is 4.47 Å². The van der Waals surface area contributed by atoms with E-state index in [1.54, 1.807) is 6.07 Å². The van der Waals surface area contributed by atoms with Crippen LogP contribution in [0.4, 0.5) is 0 Å². The number of alkyl halides is 3. The highest BCUT2D eigenvalue weighted by Gasteiger charge is 2.36. The predicted octanol–water partition coefficient (Wildman–Crippen LogP) is 4.39. The van der Waals surface area contributed by atoms with Gasteiger partial charge < -0.3 is 9.73 Å². The third-order valence-electron chi connectivity index (χ3n) is 3.40. The summed E-state index contributed by atoms with van der Waals surface area (Å²) in [4.78, 5) is 12.1. The van der Waals surface area contributed by atoms with E-state index in [-0.39, 0.29) is 11.8 Å². The van der Waals surface area contributed by atoms with Gasteiger partial charge >= 0.3 is 0 Å². The Morgan fingerprint density at radius 1 is 1.33 bits per heavy atom. The van der Waals surface area contributed by atoms with Gasteiger partial charge in [0, 0.05) is 12.1 Å². The Morgan fingerprint density at radius 3 is 2.52 bits per heavy atom. The zero-order chi connectivity index (χ0) is 15.5. The molecule has 0 radical (unpaired) electrons. The standard InChI is InChI=1S/C13H16BrCl3N2O2/c14-8-6-10(21-7-8)11(20)19-12(13(15,16)17)18-9-4-2-1-3-5-9/h6-7,9,12,18H,1-5H2,(H,19,20). The molecule has 118 valence electrons. The van der Waals surface area contributed by atoms with Gasteiger partial charge in [0.2, 0.25) is 3.79 Å². The van der Waals surface area contributed by atoms with Crippen molar-refractivity contribution in [3.63, 3.8) is 0 Å². The smallest absolute Gasteiger partial charge is 0.288 e. The lowest BCUT2D eigenvalue weighted by atomic mass is 9.95. The van der Waals surface area contributed by atoms with Gasteiger partial charge in [-0.2, -0.15) is 0 Å². The van der Waals surface area contributed by atoms with E-state index in [1.807, 2.05) is 0 Å². The largest absolute Gasteiger partial charge is 0.458 e. The lowest BCUT2D eigenvalue weighted by Crippen LogP contribution is -2.56. The van der Waals surface area contributed by atoms with Crippen molar-refractivity contribution >= 4 is 56.6 Å². The minimum atomic E-state index is -1.64. The number of nitrogens with one attached hydrogen (secondary N) is 2. The average Bonchev–Trinajstić information content (AvgIpc) is 2.85. The molecule has 1 unspecified atom stereocenters. The number of rotatable bonds is 4. The van der Waals surface area contributed by atoms with Gasteiger partial charge in [-0.1, -0.05) is 54.1 Å². The van der Waals surface area contributed by atoms with E-state index in [0.717, 1.165) is 25.7 Å². The molecule has 0 aliphatic heterocycles. The van der Waals surface area contributed by atoms with Crippen LogP contribution in [0.5, 0.6) is 0 Å². The summed E-state index contributed by atoms with van der Waals surface area (Å²) >= 11 is 21.1. The molecule has 0 aromatic carbocycles. The van der Waals surface area contributed by atoms with Crippen LogP contribution in [0.1, 0.15) is 42.7 Å². The Hall–Kier alpha value is 0.0600. The zero-order valence-electron chi connectivity index (χ0n) is 11.2. The van der Waals surface area contributed by atoms with Crippen molar-refractivity contribution < 1.29 is 9.21 Å². The Labute approximate surface area is 147 Å². The number of halogens is 4. The molecule has 1 aliphatic carbocycles. The highest BCUT2D eigenvalue weighted by atomic mass is 79.9. The van der Waals surface area contributed by atoms with E-state index in [4.69, 9.17) is 39.2 Å². The van der Waals surface area contributed by atoms with Crippen molar-refractivity contribution in [3.8, 4) is 0 Å². The normalized spacial score (nSPS) is 18.5. The molecular weight excluding hydrogens is 402 g/mol. The summed E-state index contributed by atoms with van der Waals surface area (Å²) in [5, 5.41) is 5.90. The van der Waals surface area contributed by atoms with Crippen LogP contribution in [-0.4, -0.2) is 21.9 Å². The van der Waals surface area contributed by atoms with Crippen molar-refractivity contribution in [1.82, 2.24) is 10.6 Å². The SMILES string of the molecule is O=C(NC(NC1CCCCC1)C(Cl)(Cl)Cl)c1cc(Br)co1. The monoisotopic (exact) mass is 416 g/mol. The molecule has 1 aromatic heterocycles. The first kappa shape index (κ1) is 17.4. The summed E-state index contributed by atoms with van der Waals surface area (Å²) < 4.78 is 4.15. The fourth-order valence-corrected chi connectivity index (χ4v) is 3.01. The first-order chi connectivity index (χ1) is 9.86. The van der Waals surface area contributed by atoms with E-state index in [1.165, 1.54) is 12.7 Å². The van der Waals surface area contributed by atoms with Crippen molar-refractivity contribution in [2.24, 2.45) is 0 Å². The van der Waals surface area contributed by atoms with Gasteiger partial charge in [-0.25, -0.2) is 0 Å². The molecule has 8 heteroatoms. The molecule has 21 heavy (non-hydrogen) atoms. The summed E-state index contributed by atoms with van der Waals surface area (Å²) in [6.45, 7) is 0. The maximum atomic E-state index is 12.1. The summed E-state index contributed by atoms with van der Waals surface area (Å²) in [6, 6.07) is 1.80. The summed E-state index contributed by atoms with van der Waals surface area (Å²) in [6.07, 6.45) is 6.19. The van der Waals surface area contributed by atoms with Crippen LogP contribution in [0.2, 0.25) is 0 Å². The lowest BCUT2D eigenvalue weighted by molar-refractivity contribution is 0.0896. The molecule has 0 saturated heterocycles. The number of hydrogen-bond acceptors (Lipinski definition) is 3. The quantitative estimate of drug-likeness (QED) is 0.563. The molecule has 2 N–H and O–H groups in total. The van der Waals surface area contributed by atoms with E-state index in [0.29, 0.717) is 4.47 Å². The Bertz CT molecular complexity index is 484. The van der Waals surface area contributed by atoms with Gasteiger partial charge in [0.1, 0.15) is 12.4 Å². The second-order valence-electron chi connectivity index (χ2n) is 5.08. The van der Waals surface area contributed by atoms with Crippen LogP contribution in [-0.2, 0) is 0 Å². The molecule has 1 fully saturated rings. The molecular formula is C13H16BrCl3N2O2. The molecule has 1 heterocycles. The Morgan fingerprint density at radius 2 is 2.00 bits per heavy atom. The minimum Gasteiger partial charge on any atom is -0.458 e. The van der Waals surface area contributed by atoms with Crippen molar-refractivity contribution in [2.45, 2.75) is 48.1 Å². The number of amides is 1. The molecule has 0 spiro atoms. The number of furan rings is 1. The highest BCUT2D eigenvalue weighted by Crippen LogP contribution is 2.31. The topological polar surface area (TPSA) is 54.3 Å². The molecule has 1 aliphatic rings. The summed E-state index contributed by atoms with van der Waals surface area (Å²) in [5.74, 6) is -0.271. The summed E-state index contributed by atoms with van der Waals surface area (Å²) in [5.41, 5.74) is 0. The van der Waals surface area contributed by atoms with Crippen LogP contribution in [0.3, 0.4) is 0 Å². The summed E-state index contributed by atoms with van der Waals surface area (Å²) in [7, 11) is 0. The first-order valence-electron chi connectivity index (χ1n) is 6.74. The molecule has 2 rings (SSSR count). The van der Waals surface area contributed by atoms with E-state index in [9.17, 15) is 4.79 Å². The van der Waals surface area contributed by atoms with Crippen molar-refractivity contribution in [1.29, 1.82) is 0 Å². The first-order valence-corrected chi connectivity index (χ1v) is 8.66. The number of carbonyl (C=O) groups excluding carboxylic acids is 1. The van der Waals surface area contributed by atoms with Crippen LogP contribution >= 0.6 is 50.7 Å². The molecule has 0 bridgehead atoms. The van der Waals surface area contributed by atoms with Gasteiger partial charge in [-0.15, -0.1) is 0 Å². The molecule has 4 nitrogen and oxygen atoms in total. The number of carbonyl (C=O) groups is 1. The average molecular weight is 419 g/mol. The fraction of sp³-hybridized carbons (Fsp3) is 0.615. The third-order valence-corrected chi connectivity index (χ3v) is 4.47. The second-order valence-corrected chi connectivity index (χ2v) is 8.36. The third kappa shape index (κ3) is 5.32. The van der Waals surface area contributed by atoms with Gasteiger partial charge in [-0.05, 0) is 28.8 Å². The Balaban J connectivity index is 2.00. The predicted molar refractivity (Wildman–Crippen MR) is 88.0 cm³/mol. The van der Waals surface area contributed by atoms with Crippen LogP contribution in [0, 0.1) is 0 Å². The molecule has 1 saturated carbocycles. The fourth-order valence-electron chi connectivity index (χ4n) is 2.36. The van der Waals surface area contributed by atoms with Crippen LogP contribution < -0.4 is 10.6 Å². The minimum absolute atomic E-state index is 0.159. The Kier molecular flexibility index (Phi) is 6.26. The van der Waals surface area contributed by atoms with Crippen molar-refractivity contribution in [2.75, 3.05) is 0 Å². The maximum Gasteiger partial charge on any atom is 0.288 e. The molecule has 1 amide bonds.